The van der Waals surface area contributed by atoms with Crippen LogP contribution in [0.15, 0.2) is 11.1 Å². The van der Waals surface area contributed by atoms with E-state index >= 15 is 0 Å². The van der Waals surface area contributed by atoms with E-state index in [9.17, 15) is 0 Å². The summed E-state index contributed by atoms with van der Waals surface area (Å²) in [4.78, 5) is 8.30. The van der Waals surface area contributed by atoms with Gasteiger partial charge in [0.15, 0.2) is 0 Å². The Balaban J connectivity index is 2.09. The molecule has 0 bridgehead atoms. The molecule has 0 atom stereocenters. The van der Waals surface area contributed by atoms with Crippen molar-refractivity contribution in [1.29, 1.82) is 0 Å². The van der Waals surface area contributed by atoms with Crippen molar-refractivity contribution in [1.82, 2.24) is 9.97 Å². The van der Waals surface area contributed by atoms with E-state index in [4.69, 9.17) is 5.73 Å². The van der Waals surface area contributed by atoms with Crippen LogP contribution in [0.1, 0.15) is 25.7 Å². The largest absolute Gasteiger partial charge is 0.373 e. The first kappa shape index (κ1) is 10.5. The second-order valence-corrected chi connectivity index (χ2v) is 5.04. The third-order valence-corrected chi connectivity index (χ3v) is 3.82. The Bertz CT molecular complexity index is 336. The molecule has 1 fully saturated rings. The summed E-state index contributed by atoms with van der Waals surface area (Å²) < 4.78 is 0. The number of rotatable bonds is 3. The van der Waals surface area contributed by atoms with Gasteiger partial charge in [-0.2, -0.15) is 4.98 Å². The molecule has 1 aliphatic carbocycles. The summed E-state index contributed by atoms with van der Waals surface area (Å²) in [6.07, 6.45) is 5.28. The number of nitrogens with zero attached hydrogens (tertiary/aromatic N) is 2. The Morgan fingerprint density at radius 1 is 1.40 bits per heavy atom. The van der Waals surface area contributed by atoms with Crippen LogP contribution in [0, 0.1) is 0 Å². The molecule has 1 aromatic heterocycles. The summed E-state index contributed by atoms with van der Waals surface area (Å²) in [5, 5.41) is 4.69. The van der Waals surface area contributed by atoms with Crippen LogP contribution in [0.3, 0.4) is 0 Å². The molecule has 0 saturated heterocycles. The van der Waals surface area contributed by atoms with E-state index in [1.54, 1.807) is 0 Å². The Kier molecular flexibility index (Phi) is 3.30. The van der Waals surface area contributed by atoms with E-state index in [0.717, 1.165) is 10.8 Å². The number of nitrogen functional groups attached to an aromatic ring is 1. The predicted octanol–water partition coefficient (Wildman–Crippen LogP) is 2.14. The van der Waals surface area contributed by atoms with Crippen molar-refractivity contribution in [2.24, 2.45) is 0 Å². The Hall–Kier alpha value is -0.970. The van der Waals surface area contributed by atoms with Crippen LogP contribution in [0.25, 0.3) is 0 Å². The lowest BCUT2D eigenvalue weighted by Gasteiger charge is -2.09. The van der Waals surface area contributed by atoms with Crippen molar-refractivity contribution < 1.29 is 0 Å². The van der Waals surface area contributed by atoms with Crippen molar-refractivity contribution in [3.63, 3.8) is 0 Å². The molecule has 15 heavy (non-hydrogen) atoms. The summed E-state index contributed by atoms with van der Waals surface area (Å²) in [7, 11) is 1.84. The zero-order valence-corrected chi connectivity index (χ0v) is 9.68. The van der Waals surface area contributed by atoms with E-state index in [-0.39, 0.29) is 0 Å². The summed E-state index contributed by atoms with van der Waals surface area (Å²) in [5.74, 6) is 1.14. The number of anilines is 2. The van der Waals surface area contributed by atoms with E-state index in [0.29, 0.717) is 11.2 Å². The van der Waals surface area contributed by atoms with Crippen molar-refractivity contribution in [2.75, 3.05) is 18.1 Å². The molecular weight excluding hydrogens is 208 g/mol. The Morgan fingerprint density at radius 3 is 2.80 bits per heavy atom. The fraction of sp³-hybridized carbons (Fsp3) is 0.600. The number of thioether (sulfide) groups is 1. The van der Waals surface area contributed by atoms with Gasteiger partial charge in [-0.15, -0.1) is 11.8 Å². The molecular formula is C10H16N4S. The number of nitrogens with two attached hydrogens (primary N) is 1. The van der Waals surface area contributed by atoms with Gasteiger partial charge in [-0.1, -0.05) is 12.8 Å². The van der Waals surface area contributed by atoms with Gasteiger partial charge in [0.05, 0.1) is 0 Å². The number of hydrogen-bond donors (Lipinski definition) is 2. The zero-order valence-electron chi connectivity index (χ0n) is 8.86. The number of nitrogens with one attached hydrogen (secondary N) is 1. The minimum absolute atomic E-state index is 0.349. The molecule has 1 heterocycles. The molecule has 1 aromatic rings. The van der Waals surface area contributed by atoms with Gasteiger partial charge in [-0.05, 0) is 12.8 Å². The number of aromatic nitrogens is 2. The van der Waals surface area contributed by atoms with Gasteiger partial charge < -0.3 is 11.1 Å². The molecule has 0 radical (unpaired) electrons. The first-order valence-corrected chi connectivity index (χ1v) is 6.15. The summed E-state index contributed by atoms with van der Waals surface area (Å²) in [6, 6.07) is 1.96. The van der Waals surface area contributed by atoms with Gasteiger partial charge in [0, 0.05) is 18.4 Å². The first-order valence-electron chi connectivity index (χ1n) is 5.27. The third kappa shape index (κ3) is 2.75. The van der Waals surface area contributed by atoms with Crippen LogP contribution in [0.4, 0.5) is 11.8 Å². The Morgan fingerprint density at radius 2 is 2.13 bits per heavy atom. The highest BCUT2D eigenvalue weighted by Crippen LogP contribution is 2.34. The maximum Gasteiger partial charge on any atom is 0.223 e. The minimum Gasteiger partial charge on any atom is -0.373 e. The van der Waals surface area contributed by atoms with E-state index in [1.165, 1.54) is 25.7 Å². The smallest absolute Gasteiger partial charge is 0.223 e. The van der Waals surface area contributed by atoms with E-state index in [2.05, 4.69) is 15.3 Å². The topological polar surface area (TPSA) is 63.8 Å². The molecule has 0 aliphatic heterocycles. The molecule has 0 amide bonds. The van der Waals surface area contributed by atoms with E-state index < -0.39 is 0 Å². The van der Waals surface area contributed by atoms with E-state index in [1.807, 2.05) is 24.9 Å². The van der Waals surface area contributed by atoms with Crippen LogP contribution in [0.2, 0.25) is 0 Å². The predicted molar refractivity (Wildman–Crippen MR) is 64.1 cm³/mol. The molecule has 2 rings (SSSR count). The SMILES string of the molecule is CNc1cc(SC2CCCC2)nc(N)n1. The molecule has 0 aromatic carbocycles. The van der Waals surface area contributed by atoms with Gasteiger partial charge in [0.1, 0.15) is 10.8 Å². The molecule has 82 valence electrons. The van der Waals surface area contributed by atoms with Crippen molar-refractivity contribution >= 4 is 23.5 Å². The third-order valence-electron chi connectivity index (χ3n) is 2.57. The lowest BCUT2D eigenvalue weighted by atomic mass is 10.4. The lowest BCUT2D eigenvalue weighted by Crippen LogP contribution is -2.02. The Labute approximate surface area is 94.1 Å². The molecule has 5 heteroatoms. The maximum atomic E-state index is 5.63. The standard InChI is InChI=1S/C10H16N4S/c1-12-8-6-9(14-10(11)13-8)15-7-4-2-3-5-7/h6-7H,2-5H2,1H3,(H3,11,12,13,14). The van der Waals surface area contributed by atoms with Crippen LogP contribution in [0.5, 0.6) is 0 Å². The minimum atomic E-state index is 0.349. The van der Waals surface area contributed by atoms with Gasteiger partial charge in [-0.3, -0.25) is 0 Å². The van der Waals surface area contributed by atoms with Gasteiger partial charge in [0.2, 0.25) is 5.95 Å². The molecule has 1 aliphatic rings. The van der Waals surface area contributed by atoms with Gasteiger partial charge in [0.25, 0.3) is 0 Å². The van der Waals surface area contributed by atoms with Crippen molar-refractivity contribution in [3.8, 4) is 0 Å². The van der Waals surface area contributed by atoms with Crippen molar-refractivity contribution in [3.05, 3.63) is 6.07 Å². The summed E-state index contributed by atoms with van der Waals surface area (Å²) >= 11 is 1.82. The first-order chi connectivity index (χ1) is 7.28. The average Bonchev–Trinajstić information content (AvgIpc) is 2.69. The highest BCUT2D eigenvalue weighted by atomic mass is 32.2. The fourth-order valence-corrected chi connectivity index (χ4v) is 3.04. The van der Waals surface area contributed by atoms with Crippen LogP contribution < -0.4 is 11.1 Å². The summed E-state index contributed by atoms with van der Waals surface area (Å²) in [5.41, 5.74) is 5.63. The van der Waals surface area contributed by atoms with Crippen LogP contribution in [-0.2, 0) is 0 Å². The number of hydrogen-bond acceptors (Lipinski definition) is 5. The molecule has 4 nitrogen and oxygen atoms in total. The second-order valence-electron chi connectivity index (χ2n) is 3.72. The second kappa shape index (κ2) is 4.70. The normalized spacial score (nSPS) is 16.9. The molecule has 1 saturated carbocycles. The van der Waals surface area contributed by atoms with Gasteiger partial charge in [-0.25, -0.2) is 4.98 Å². The van der Waals surface area contributed by atoms with Crippen LogP contribution in [-0.4, -0.2) is 22.3 Å². The lowest BCUT2D eigenvalue weighted by molar-refractivity contribution is 0.886. The summed E-state index contributed by atoms with van der Waals surface area (Å²) in [6.45, 7) is 0. The molecule has 3 N–H and O–H groups in total. The highest BCUT2D eigenvalue weighted by Gasteiger charge is 2.17. The molecule has 0 spiro atoms. The fourth-order valence-electron chi connectivity index (χ4n) is 1.81. The highest BCUT2D eigenvalue weighted by molar-refractivity contribution is 7.99. The maximum absolute atomic E-state index is 5.63. The monoisotopic (exact) mass is 224 g/mol. The van der Waals surface area contributed by atoms with Gasteiger partial charge >= 0.3 is 0 Å². The van der Waals surface area contributed by atoms with Crippen molar-refractivity contribution in [2.45, 2.75) is 36.0 Å². The zero-order chi connectivity index (χ0) is 10.7. The molecule has 0 unspecified atom stereocenters. The quantitative estimate of drug-likeness (QED) is 0.770. The average molecular weight is 224 g/mol. The van der Waals surface area contributed by atoms with Crippen LogP contribution >= 0.6 is 11.8 Å².